The van der Waals surface area contributed by atoms with Crippen molar-refractivity contribution in [3.05, 3.63) is 89.5 Å². The predicted molar refractivity (Wildman–Crippen MR) is 135 cm³/mol. The van der Waals surface area contributed by atoms with Crippen LogP contribution in [0, 0.1) is 6.92 Å². The van der Waals surface area contributed by atoms with Crippen molar-refractivity contribution in [2.75, 3.05) is 16.2 Å². The van der Waals surface area contributed by atoms with Gasteiger partial charge < -0.3 is 5.32 Å². The first-order valence-corrected chi connectivity index (χ1v) is 12.6. The van der Waals surface area contributed by atoms with Crippen LogP contribution in [0.4, 0.5) is 11.4 Å². The fourth-order valence-electron chi connectivity index (χ4n) is 3.61. The maximum Gasteiger partial charge on any atom is 0.264 e. The molecule has 0 aliphatic heterocycles. The van der Waals surface area contributed by atoms with Crippen molar-refractivity contribution >= 4 is 27.3 Å². The molecule has 1 amide bonds. The van der Waals surface area contributed by atoms with Crippen LogP contribution in [0.1, 0.15) is 56.2 Å². The minimum absolute atomic E-state index is 0.149. The highest BCUT2D eigenvalue weighted by atomic mass is 32.2. The summed E-state index contributed by atoms with van der Waals surface area (Å²) in [6.07, 6.45) is 0. The van der Waals surface area contributed by atoms with Gasteiger partial charge in [-0.15, -0.1) is 0 Å². The summed E-state index contributed by atoms with van der Waals surface area (Å²) < 4.78 is 28.3. The maximum atomic E-state index is 13.6. The molecule has 0 unspecified atom stereocenters. The molecule has 0 radical (unpaired) electrons. The summed E-state index contributed by atoms with van der Waals surface area (Å²) in [6, 6.07) is 21.6. The number of carbonyl (C=O) groups is 1. The lowest BCUT2D eigenvalue weighted by atomic mass is 10.0. The molecule has 1 N–H and O–H groups in total. The van der Waals surface area contributed by atoms with Gasteiger partial charge in [-0.25, -0.2) is 8.42 Å². The molecule has 174 valence electrons. The standard InChI is InChI=1S/C27H32N2O3S/c1-19(2)22-12-14-23(15-13-22)29(33(31,32)24-16-10-21(5)11-17-24)18-27(30)28-26-9-7-6-8-25(26)20(3)4/h6-17,19-20H,18H2,1-5H3,(H,28,30). The van der Waals surface area contributed by atoms with Crippen molar-refractivity contribution in [2.24, 2.45) is 0 Å². The molecule has 0 saturated heterocycles. The lowest BCUT2D eigenvalue weighted by molar-refractivity contribution is -0.114. The number of nitrogens with zero attached hydrogens (tertiary/aromatic N) is 1. The number of sulfonamides is 1. The van der Waals surface area contributed by atoms with E-state index in [9.17, 15) is 13.2 Å². The molecular formula is C27H32N2O3S. The average Bonchev–Trinajstić information content (AvgIpc) is 2.78. The third-order valence-corrected chi connectivity index (χ3v) is 7.39. The monoisotopic (exact) mass is 464 g/mol. The number of rotatable bonds is 8. The van der Waals surface area contributed by atoms with E-state index in [1.54, 1.807) is 36.4 Å². The molecule has 3 rings (SSSR count). The smallest absolute Gasteiger partial charge is 0.264 e. The first-order chi connectivity index (χ1) is 15.6. The number of anilines is 2. The zero-order valence-electron chi connectivity index (χ0n) is 19.9. The second-order valence-electron chi connectivity index (χ2n) is 8.86. The van der Waals surface area contributed by atoms with Crippen LogP contribution in [-0.4, -0.2) is 20.9 Å². The predicted octanol–water partition coefficient (Wildman–Crippen LogP) is 6.08. The Kier molecular flexibility index (Phi) is 7.59. The highest BCUT2D eigenvalue weighted by Gasteiger charge is 2.27. The normalized spacial score (nSPS) is 11.6. The maximum absolute atomic E-state index is 13.6. The Labute approximate surface area is 197 Å². The van der Waals surface area contributed by atoms with Crippen molar-refractivity contribution in [1.29, 1.82) is 0 Å². The van der Waals surface area contributed by atoms with Gasteiger partial charge in [-0.1, -0.05) is 75.7 Å². The molecule has 33 heavy (non-hydrogen) atoms. The lowest BCUT2D eigenvalue weighted by Gasteiger charge is -2.25. The Morgan fingerprint density at radius 2 is 1.45 bits per heavy atom. The van der Waals surface area contributed by atoms with Crippen LogP contribution in [-0.2, 0) is 14.8 Å². The van der Waals surface area contributed by atoms with Gasteiger partial charge in [0.05, 0.1) is 10.6 Å². The molecule has 0 bridgehead atoms. The number of carbonyl (C=O) groups excluding carboxylic acids is 1. The van der Waals surface area contributed by atoms with E-state index in [1.165, 1.54) is 4.31 Å². The number of para-hydroxylation sites is 1. The fourth-order valence-corrected chi connectivity index (χ4v) is 5.03. The summed E-state index contributed by atoms with van der Waals surface area (Å²) >= 11 is 0. The Hall–Kier alpha value is -3.12. The first-order valence-electron chi connectivity index (χ1n) is 11.2. The molecule has 5 nitrogen and oxygen atoms in total. The van der Waals surface area contributed by atoms with E-state index < -0.39 is 15.9 Å². The van der Waals surface area contributed by atoms with Gasteiger partial charge in [0.1, 0.15) is 6.54 Å². The summed E-state index contributed by atoms with van der Waals surface area (Å²) in [5, 5.41) is 2.91. The Morgan fingerprint density at radius 3 is 2.03 bits per heavy atom. The van der Waals surface area contributed by atoms with Crippen molar-refractivity contribution in [3.8, 4) is 0 Å². The topological polar surface area (TPSA) is 66.5 Å². The third-order valence-electron chi connectivity index (χ3n) is 5.60. The van der Waals surface area contributed by atoms with Crippen molar-refractivity contribution in [2.45, 2.75) is 51.3 Å². The van der Waals surface area contributed by atoms with Crippen molar-refractivity contribution in [3.63, 3.8) is 0 Å². The Morgan fingerprint density at radius 1 is 0.848 bits per heavy atom. The van der Waals surface area contributed by atoms with Gasteiger partial charge in [0.2, 0.25) is 5.91 Å². The number of aryl methyl sites for hydroxylation is 1. The minimum atomic E-state index is -3.95. The van der Waals surface area contributed by atoms with E-state index in [2.05, 4.69) is 33.0 Å². The van der Waals surface area contributed by atoms with Crippen LogP contribution >= 0.6 is 0 Å². The number of hydrogen-bond acceptors (Lipinski definition) is 3. The second-order valence-corrected chi connectivity index (χ2v) is 10.7. The van der Waals surface area contributed by atoms with Crippen LogP contribution in [0.15, 0.2) is 77.7 Å². The molecule has 0 atom stereocenters. The Balaban J connectivity index is 1.97. The number of amides is 1. The summed E-state index contributed by atoms with van der Waals surface area (Å²) in [4.78, 5) is 13.2. The lowest BCUT2D eigenvalue weighted by Crippen LogP contribution is -2.38. The van der Waals surface area contributed by atoms with Gasteiger partial charge >= 0.3 is 0 Å². The molecule has 0 heterocycles. The largest absolute Gasteiger partial charge is 0.324 e. The summed E-state index contributed by atoms with van der Waals surface area (Å²) in [5.74, 6) is 0.140. The number of benzene rings is 3. The van der Waals surface area contributed by atoms with Crippen molar-refractivity contribution in [1.82, 2.24) is 0 Å². The fraction of sp³-hybridized carbons (Fsp3) is 0.296. The molecular weight excluding hydrogens is 432 g/mol. The van der Waals surface area contributed by atoms with Gasteiger partial charge in [-0.2, -0.15) is 0 Å². The van der Waals surface area contributed by atoms with Gasteiger partial charge in [0, 0.05) is 5.69 Å². The van der Waals surface area contributed by atoms with Gasteiger partial charge in [-0.05, 0) is 60.2 Å². The molecule has 3 aromatic carbocycles. The van der Waals surface area contributed by atoms with E-state index in [0.29, 0.717) is 17.3 Å². The van der Waals surface area contributed by atoms with Crippen LogP contribution in [0.25, 0.3) is 0 Å². The van der Waals surface area contributed by atoms with E-state index in [4.69, 9.17) is 0 Å². The summed E-state index contributed by atoms with van der Waals surface area (Å²) in [5.41, 5.74) is 4.21. The molecule has 0 aliphatic carbocycles. The van der Waals surface area contributed by atoms with E-state index in [1.807, 2.05) is 43.3 Å². The van der Waals surface area contributed by atoms with Crippen molar-refractivity contribution < 1.29 is 13.2 Å². The minimum Gasteiger partial charge on any atom is -0.324 e. The summed E-state index contributed by atoms with van der Waals surface area (Å²) in [7, 11) is -3.95. The van der Waals surface area contributed by atoms with Crippen LogP contribution in [0.2, 0.25) is 0 Å². The zero-order valence-corrected chi connectivity index (χ0v) is 20.7. The van der Waals surface area contributed by atoms with E-state index in [0.717, 1.165) is 16.7 Å². The first kappa shape index (κ1) is 24.5. The average molecular weight is 465 g/mol. The summed E-state index contributed by atoms with van der Waals surface area (Å²) in [6.45, 7) is 9.83. The highest BCUT2D eigenvalue weighted by molar-refractivity contribution is 7.92. The Bertz CT molecular complexity index is 1200. The van der Waals surface area contributed by atoms with Crippen LogP contribution in [0.3, 0.4) is 0 Å². The van der Waals surface area contributed by atoms with Gasteiger partial charge in [-0.3, -0.25) is 9.10 Å². The molecule has 0 aliphatic rings. The number of hydrogen-bond donors (Lipinski definition) is 1. The van der Waals surface area contributed by atoms with E-state index in [-0.39, 0.29) is 17.4 Å². The third kappa shape index (κ3) is 5.82. The quantitative estimate of drug-likeness (QED) is 0.440. The van der Waals surface area contributed by atoms with Gasteiger partial charge in [0.15, 0.2) is 0 Å². The molecule has 6 heteroatoms. The highest BCUT2D eigenvalue weighted by Crippen LogP contribution is 2.27. The van der Waals surface area contributed by atoms with E-state index >= 15 is 0 Å². The molecule has 3 aromatic rings. The molecule has 0 aromatic heterocycles. The number of nitrogens with one attached hydrogen (secondary N) is 1. The molecule has 0 spiro atoms. The molecule has 0 saturated carbocycles. The van der Waals surface area contributed by atoms with Crippen LogP contribution in [0.5, 0.6) is 0 Å². The molecule has 0 fully saturated rings. The SMILES string of the molecule is Cc1ccc(S(=O)(=O)N(CC(=O)Nc2ccccc2C(C)C)c2ccc(C(C)C)cc2)cc1. The second kappa shape index (κ2) is 10.2. The zero-order chi connectivity index (χ0) is 24.2. The van der Waals surface area contributed by atoms with Gasteiger partial charge in [0.25, 0.3) is 10.0 Å². The van der Waals surface area contributed by atoms with Crippen LogP contribution < -0.4 is 9.62 Å².